The number of benzene rings is 3. The number of amides is 1. The third kappa shape index (κ3) is 5.15. The second-order valence-electron chi connectivity index (χ2n) is 5.88. The molecule has 0 radical (unpaired) electrons. The van der Waals surface area contributed by atoms with Crippen LogP contribution in [0.3, 0.4) is 0 Å². The minimum absolute atomic E-state index is 0.00324. The van der Waals surface area contributed by atoms with E-state index < -0.39 is 4.92 Å². The minimum atomic E-state index is -0.465. The summed E-state index contributed by atoms with van der Waals surface area (Å²) in [6, 6.07) is 23.6. The second kappa shape index (κ2) is 8.62. The van der Waals surface area contributed by atoms with Crippen LogP contribution in [0.25, 0.3) is 11.1 Å². The van der Waals surface area contributed by atoms with Crippen molar-refractivity contribution in [3.8, 4) is 16.9 Å². The van der Waals surface area contributed by atoms with E-state index in [1.807, 2.05) is 54.6 Å². The Hall–Kier alpha value is -3.67. The third-order valence-electron chi connectivity index (χ3n) is 3.94. The maximum Gasteiger partial charge on any atom is 0.269 e. The van der Waals surface area contributed by atoms with Crippen LogP contribution in [0.4, 0.5) is 5.69 Å². The zero-order valence-electron chi connectivity index (χ0n) is 14.5. The Kier molecular flexibility index (Phi) is 5.79. The molecule has 0 aliphatic carbocycles. The zero-order chi connectivity index (χ0) is 19.1. The summed E-state index contributed by atoms with van der Waals surface area (Å²) in [4.78, 5) is 22.2. The van der Waals surface area contributed by atoms with Crippen LogP contribution in [0.5, 0.6) is 5.75 Å². The molecule has 0 aliphatic rings. The SMILES string of the molecule is O=C(COc1ccc(-c2ccccc2)cc1)NCc1cccc([N+](=O)[O-])c1. The number of nitrogens with zero attached hydrogens (tertiary/aromatic N) is 1. The van der Waals surface area contributed by atoms with Gasteiger partial charge in [0.1, 0.15) is 5.75 Å². The Labute approximate surface area is 156 Å². The van der Waals surface area contributed by atoms with Crippen LogP contribution in [-0.4, -0.2) is 17.4 Å². The van der Waals surface area contributed by atoms with E-state index in [1.165, 1.54) is 12.1 Å². The first-order valence-electron chi connectivity index (χ1n) is 8.40. The van der Waals surface area contributed by atoms with Crippen LogP contribution in [0, 0.1) is 10.1 Å². The van der Waals surface area contributed by atoms with Crippen molar-refractivity contribution < 1.29 is 14.5 Å². The summed E-state index contributed by atoms with van der Waals surface area (Å²) in [6.07, 6.45) is 0. The molecule has 6 heteroatoms. The molecule has 136 valence electrons. The summed E-state index contributed by atoms with van der Waals surface area (Å²) < 4.78 is 5.49. The number of rotatable bonds is 7. The Morgan fingerprint density at radius 1 is 0.926 bits per heavy atom. The van der Waals surface area contributed by atoms with Crippen LogP contribution in [-0.2, 0) is 11.3 Å². The molecule has 0 bridgehead atoms. The van der Waals surface area contributed by atoms with Gasteiger partial charge in [-0.05, 0) is 28.8 Å². The van der Waals surface area contributed by atoms with E-state index in [2.05, 4.69) is 5.32 Å². The fourth-order valence-electron chi connectivity index (χ4n) is 2.55. The fourth-order valence-corrected chi connectivity index (χ4v) is 2.55. The number of nitro benzene ring substituents is 1. The van der Waals surface area contributed by atoms with Gasteiger partial charge in [0.25, 0.3) is 11.6 Å². The lowest BCUT2D eigenvalue weighted by Crippen LogP contribution is -2.28. The molecular formula is C21H18N2O4. The number of hydrogen-bond donors (Lipinski definition) is 1. The highest BCUT2D eigenvalue weighted by molar-refractivity contribution is 5.77. The van der Waals surface area contributed by atoms with Gasteiger partial charge >= 0.3 is 0 Å². The van der Waals surface area contributed by atoms with E-state index in [1.54, 1.807) is 12.1 Å². The van der Waals surface area contributed by atoms with Gasteiger partial charge in [-0.2, -0.15) is 0 Å². The molecule has 1 N–H and O–H groups in total. The summed E-state index contributed by atoms with van der Waals surface area (Å²) >= 11 is 0. The van der Waals surface area contributed by atoms with Gasteiger partial charge < -0.3 is 10.1 Å². The highest BCUT2D eigenvalue weighted by atomic mass is 16.6. The van der Waals surface area contributed by atoms with Gasteiger partial charge in [0.2, 0.25) is 0 Å². The van der Waals surface area contributed by atoms with Crippen molar-refractivity contribution >= 4 is 11.6 Å². The number of carbonyl (C=O) groups is 1. The zero-order valence-corrected chi connectivity index (χ0v) is 14.5. The largest absolute Gasteiger partial charge is 0.484 e. The summed E-state index contributed by atoms with van der Waals surface area (Å²) in [7, 11) is 0. The fraction of sp³-hybridized carbons (Fsp3) is 0.0952. The van der Waals surface area contributed by atoms with E-state index in [0.717, 1.165) is 11.1 Å². The number of hydrogen-bond acceptors (Lipinski definition) is 4. The number of carbonyl (C=O) groups excluding carboxylic acids is 1. The number of non-ortho nitro benzene ring substituents is 1. The Bertz CT molecular complexity index is 924. The van der Waals surface area contributed by atoms with Gasteiger partial charge in [-0.15, -0.1) is 0 Å². The molecule has 27 heavy (non-hydrogen) atoms. The summed E-state index contributed by atoms with van der Waals surface area (Å²) in [6.45, 7) is 0.0798. The summed E-state index contributed by atoms with van der Waals surface area (Å²) in [5, 5.41) is 13.4. The van der Waals surface area contributed by atoms with Crippen molar-refractivity contribution in [2.75, 3.05) is 6.61 Å². The Morgan fingerprint density at radius 3 is 2.33 bits per heavy atom. The highest BCUT2D eigenvalue weighted by Crippen LogP contribution is 2.22. The minimum Gasteiger partial charge on any atom is -0.484 e. The normalized spacial score (nSPS) is 10.2. The number of nitro groups is 1. The molecular weight excluding hydrogens is 344 g/mol. The lowest BCUT2D eigenvalue weighted by Gasteiger charge is -2.08. The maximum atomic E-state index is 11.9. The van der Waals surface area contributed by atoms with Gasteiger partial charge in [0.15, 0.2) is 6.61 Å². The lowest BCUT2D eigenvalue weighted by atomic mass is 10.1. The van der Waals surface area contributed by atoms with E-state index >= 15 is 0 Å². The lowest BCUT2D eigenvalue weighted by molar-refractivity contribution is -0.384. The van der Waals surface area contributed by atoms with Crippen molar-refractivity contribution in [1.82, 2.24) is 5.32 Å². The quantitative estimate of drug-likeness (QED) is 0.509. The first-order chi connectivity index (χ1) is 13.1. The summed E-state index contributed by atoms with van der Waals surface area (Å²) in [5.41, 5.74) is 2.83. The molecule has 6 nitrogen and oxygen atoms in total. The van der Waals surface area contributed by atoms with Gasteiger partial charge in [-0.25, -0.2) is 0 Å². The average molecular weight is 362 g/mol. The van der Waals surface area contributed by atoms with E-state index in [4.69, 9.17) is 4.74 Å². The summed E-state index contributed by atoms with van der Waals surface area (Å²) in [5.74, 6) is 0.300. The highest BCUT2D eigenvalue weighted by Gasteiger charge is 2.07. The first kappa shape index (κ1) is 18.1. The molecule has 3 aromatic rings. The molecule has 0 atom stereocenters. The second-order valence-corrected chi connectivity index (χ2v) is 5.88. The molecule has 0 aromatic heterocycles. The third-order valence-corrected chi connectivity index (χ3v) is 3.94. The van der Waals surface area contributed by atoms with Crippen molar-refractivity contribution in [3.63, 3.8) is 0 Å². The standard InChI is InChI=1S/C21H18N2O4/c24-21(22-14-16-5-4-8-19(13-16)23(25)26)15-27-20-11-9-18(10-12-20)17-6-2-1-3-7-17/h1-13H,14-15H2,(H,22,24). The van der Waals surface area contributed by atoms with E-state index in [0.29, 0.717) is 11.3 Å². The average Bonchev–Trinajstić information content (AvgIpc) is 2.72. The van der Waals surface area contributed by atoms with Crippen LogP contribution in [0.1, 0.15) is 5.56 Å². The molecule has 1 amide bonds. The molecule has 3 rings (SSSR count). The van der Waals surface area contributed by atoms with Gasteiger partial charge in [-0.3, -0.25) is 14.9 Å². The van der Waals surface area contributed by atoms with Crippen molar-refractivity contribution in [1.29, 1.82) is 0 Å². The van der Waals surface area contributed by atoms with Crippen molar-refractivity contribution in [3.05, 3.63) is 94.5 Å². The smallest absolute Gasteiger partial charge is 0.269 e. The molecule has 0 aliphatic heterocycles. The monoisotopic (exact) mass is 362 g/mol. The molecule has 0 heterocycles. The number of nitrogens with one attached hydrogen (secondary N) is 1. The first-order valence-corrected chi connectivity index (χ1v) is 8.40. The molecule has 0 spiro atoms. The van der Waals surface area contributed by atoms with E-state index in [9.17, 15) is 14.9 Å². The van der Waals surface area contributed by atoms with Crippen molar-refractivity contribution in [2.45, 2.75) is 6.54 Å². The molecule has 0 saturated heterocycles. The van der Waals surface area contributed by atoms with E-state index in [-0.39, 0.29) is 24.7 Å². The van der Waals surface area contributed by atoms with Crippen LogP contribution >= 0.6 is 0 Å². The van der Waals surface area contributed by atoms with Crippen molar-refractivity contribution in [2.24, 2.45) is 0 Å². The number of ether oxygens (including phenoxy) is 1. The van der Waals surface area contributed by atoms with Crippen LogP contribution < -0.4 is 10.1 Å². The molecule has 0 saturated carbocycles. The van der Waals surface area contributed by atoms with Gasteiger partial charge in [0, 0.05) is 18.7 Å². The maximum absolute atomic E-state index is 11.9. The van der Waals surface area contributed by atoms with Gasteiger partial charge in [-0.1, -0.05) is 54.6 Å². The topological polar surface area (TPSA) is 81.5 Å². The predicted octanol–water partition coefficient (Wildman–Crippen LogP) is 3.96. The molecule has 0 unspecified atom stereocenters. The molecule has 3 aromatic carbocycles. The van der Waals surface area contributed by atoms with Crippen LogP contribution in [0.15, 0.2) is 78.9 Å². The van der Waals surface area contributed by atoms with Crippen LogP contribution in [0.2, 0.25) is 0 Å². The van der Waals surface area contributed by atoms with Gasteiger partial charge in [0.05, 0.1) is 4.92 Å². The Balaban J connectivity index is 1.49. The predicted molar refractivity (Wildman–Crippen MR) is 102 cm³/mol. The Morgan fingerprint density at radius 2 is 1.63 bits per heavy atom. The molecule has 0 fully saturated rings.